The van der Waals surface area contributed by atoms with Gasteiger partial charge in [-0.15, -0.1) is 0 Å². The first-order valence-corrected chi connectivity index (χ1v) is 7.67. The molecule has 18 heavy (non-hydrogen) atoms. The Labute approximate surface area is 115 Å². The second-order valence-corrected chi connectivity index (χ2v) is 6.71. The van der Waals surface area contributed by atoms with Crippen molar-refractivity contribution in [2.24, 2.45) is 0 Å². The zero-order valence-electron chi connectivity index (χ0n) is 10.1. The Bertz CT molecular complexity index is 557. The monoisotopic (exact) mass is 331 g/mol. The maximum absolute atomic E-state index is 11.7. The highest BCUT2D eigenvalue weighted by Crippen LogP contribution is 2.12. The molecule has 1 N–H and O–H groups in total. The van der Waals surface area contributed by atoms with Crippen LogP contribution in [-0.4, -0.2) is 14.3 Å². The van der Waals surface area contributed by atoms with Gasteiger partial charge in [0.05, 0.1) is 5.75 Å². The van der Waals surface area contributed by atoms with Gasteiger partial charge >= 0.3 is 0 Å². The first-order valence-electron chi connectivity index (χ1n) is 5.22. The van der Waals surface area contributed by atoms with Gasteiger partial charge in [0.1, 0.15) is 0 Å². The van der Waals surface area contributed by atoms with Crippen molar-refractivity contribution in [2.75, 3.05) is 0 Å². The van der Waals surface area contributed by atoms with Gasteiger partial charge < -0.3 is 0 Å². The maximum Gasteiger partial charge on any atom is 0.257 e. The van der Waals surface area contributed by atoms with Crippen LogP contribution < -0.4 is 4.72 Å². The minimum Gasteiger partial charge on any atom is -0.269 e. The normalized spacial score (nSPS) is 10.8. The van der Waals surface area contributed by atoms with E-state index in [1.165, 1.54) is 6.08 Å². The van der Waals surface area contributed by atoms with Gasteiger partial charge in [-0.25, -0.2) is 13.1 Å². The minimum atomic E-state index is -3.65. The molecule has 4 nitrogen and oxygen atoms in total. The minimum absolute atomic E-state index is 0.220. The molecule has 0 aliphatic rings. The molecule has 1 aromatic rings. The number of hydrogen-bond donors (Lipinski definition) is 1. The molecule has 0 aromatic heterocycles. The number of hydrogen-bond acceptors (Lipinski definition) is 3. The van der Waals surface area contributed by atoms with Crippen LogP contribution in [0.4, 0.5) is 0 Å². The summed E-state index contributed by atoms with van der Waals surface area (Å²) in [5.74, 6) is -0.838. The zero-order chi connectivity index (χ0) is 13.8. The first-order chi connectivity index (χ1) is 8.28. The lowest BCUT2D eigenvalue weighted by molar-refractivity contribution is -0.114. The Kier molecular flexibility index (Phi) is 5.10. The molecule has 0 bridgehead atoms. The number of carbonyl (C=O) groups excluding carboxylic acids is 1. The van der Waals surface area contributed by atoms with Crippen molar-refractivity contribution < 1.29 is 13.2 Å². The number of halogens is 1. The molecular weight excluding hydrogens is 318 g/mol. The second-order valence-electron chi connectivity index (χ2n) is 4.07. The van der Waals surface area contributed by atoms with Crippen molar-refractivity contribution in [1.29, 1.82) is 0 Å². The topological polar surface area (TPSA) is 63.2 Å². The lowest BCUT2D eigenvalue weighted by Gasteiger charge is -2.05. The van der Waals surface area contributed by atoms with E-state index >= 15 is 0 Å². The highest BCUT2D eigenvalue weighted by Gasteiger charge is 2.13. The lowest BCUT2D eigenvalue weighted by Crippen LogP contribution is -2.30. The Morgan fingerprint density at radius 2 is 1.83 bits per heavy atom. The van der Waals surface area contributed by atoms with Gasteiger partial charge in [0.15, 0.2) is 0 Å². The Morgan fingerprint density at radius 1 is 1.28 bits per heavy atom. The SMILES string of the molecule is CC(C)=CC(=O)NS(=O)(=O)Cc1ccc(Br)cc1. The van der Waals surface area contributed by atoms with Gasteiger partial charge in [-0.2, -0.15) is 0 Å². The van der Waals surface area contributed by atoms with E-state index in [2.05, 4.69) is 15.9 Å². The van der Waals surface area contributed by atoms with E-state index in [1.807, 2.05) is 4.72 Å². The standard InChI is InChI=1S/C12H14BrNO3S/c1-9(2)7-12(15)14-18(16,17)8-10-3-5-11(13)6-4-10/h3-7H,8H2,1-2H3,(H,14,15). The summed E-state index contributed by atoms with van der Waals surface area (Å²) in [6.07, 6.45) is 1.25. The number of rotatable bonds is 4. The van der Waals surface area contributed by atoms with Crippen molar-refractivity contribution in [1.82, 2.24) is 4.72 Å². The van der Waals surface area contributed by atoms with E-state index in [0.717, 1.165) is 10.0 Å². The summed E-state index contributed by atoms with van der Waals surface area (Å²) in [5.41, 5.74) is 1.36. The Hall–Kier alpha value is -1.14. The molecule has 0 radical (unpaired) electrons. The fourth-order valence-electron chi connectivity index (χ4n) is 1.28. The van der Waals surface area contributed by atoms with Gasteiger partial charge in [0.2, 0.25) is 10.0 Å². The quantitative estimate of drug-likeness (QED) is 0.861. The van der Waals surface area contributed by atoms with E-state index < -0.39 is 15.9 Å². The number of amides is 1. The van der Waals surface area contributed by atoms with Gasteiger partial charge in [-0.1, -0.05) is 33.6 Å². The molecule has 0 saturated carbocycles. The zero-order valence-corrected chi connectivity index (χ0v) is 12.5. The summed E-state index contributed by atoms with van der Waals surface area (Å²) in [7, 11) is -3.65. The van der Waals surface area contributed by atoms with Gasteiger partial charge in [0.25, 0.3) is 5.91 Å². The highest BCUT2D eigenvalue weighted by atomic mass is 79.9. The third kappa shape index (κ3) is 5.46. The third-order valence-corrected chi connectivity index (χ3v) is 3.70. The molecule has 0 spiro atoms. The molecule has 0 aliphatic heterocycles. The molecular formula is C12H14BrNO3S. The number of carbonyl (C=O) groups is 1. The van der Waals surface area contributed by atoms with Crippen LogP contribution in [0, 0.1) is 0 Å². The van der Waals surface area contributed by atoms with E-state index in [-0.39, 0.29) is 5.75 Å². The van der Waals surface area contributed by atoms with Crippen LogP contribution in [0.3, 0.4) is 0 Å². The largest absolute Gasteiger partial charge is 0.269 e. The Balaban J connectivity index is 2.74. The van der Waals surface area contributed by atoms with Crippen molar-refractivity contribution in [2.45, 2.75) is 19.6 Å². The van der Waals surface area contributed by atoms with Gasteiger partial charge in [-0.3, -0.25) is 4.79 Å². The van der Waals surface area contributed by atoms with Crippen LogP contribution in [0.1, 0.15) is 19.4 Å². The van der Waals surface area contributed by atoms with Crippen LogP contribution >= 0.6 is 15.9 Å². The number of nitrogens with one attached hydrogen (secondary N) is 1. The first kappa shape index (κ1) is 14.9. The summed E-state index contributed by atoms with van der Waals surface area (Å²) < 4.78 is 26.3. The van der Waals surface area contributed by atoms with Crippen molar-refractivity contribution in [3.8, 4) is 0 Å². The number of benzene rings is 1. The second kappa shape index (κ2) is 6.15. The van der Waals surface area contributed by atoms with E-state index in [1.54, 1.807) is 38.1 Å². The van der Waals surface area contributed by atoms with Crippen LogP contribution in [0.15, 0.2) is 40.4 Å². The van der Waals surface area contributed by atoms with Gasteiger partial charge in [0, 0.05) is 10.5 Å². The molecule has 0 atom stereocenters. The van der Waals surface area contributed by atoms with E-state index in [9.17, 15) is 13.2 Å². The average molecular weight is 332 g/mol. The number of sulfonamides is 1. The summed E-state index contributed by atoms with van der Waals surface area (Å²) in [6, 6.07) is 6.88. The lowest BCUT2D eigenvalue weighted by atomic mass is 10.2. The van der Waals surface area contributed by atoms with Crippen LogP contribution in [0.2, 0.25) is 0 Å². The summed E-state index contributed by atoms with van der Waals surface area (Å²) in [5, 5.41) is 0. The molecule has 0 saturated heterocycles. The average Bonchev–Trinajstić information content (AvgIpc) is 2.18. The molecule has 0 aliphatic carbocycles. The summed E-state index contributed by atoms with van der Waals surface area (Å²) in [4.78, 5) is 11.3. The van der Waals surface area contributed by atoms with E-state index in [0.29, 0.717) is 5.56 Å². The highest BCUT2D eigenvalue weighted by molar-refractivity contribution is 9.10. The smallest absolute Gasteiger partial charge is 0.257 e. The van der Waals surface area contributed by atoms with Crippen LogP contribution in [0.5, 0.6) is 0 Å². The summed E-state index contributed by atoms with van der Waals surface area (Å²) >= 11 is 3.27. The number of allylic oxidation sites excluding steroid dienone is 1. The predicted octanol–water partition coefficient (Wildman–Crippen LogP) is 2.36. The van der Waals surface area contributed by atoms with Gasteiger partial charge in [-0.05, 0) is 31.5 Å². The fraction of sp³-hybridized carbons (Fsp3) is 0.250. The molecule has 6 heteroatoms. The molecule has 0 heterocycles. The molecule has 98 valence electrons. The molecule has 1 rings (SSSR count). The third-order valence-electron chi connectivity index (χ3n) is 1.95. The van der Waals surface area contributed by atoms with E-state index in [4.69, 9.17) is 0 Å². The van der Waals surface area contributed by atoms with Crippen molar-refractivity contribution >= 4 is 31.9 Å². The molecule has 1 aromatic carbocycles. The molecule has 0 unspecified atom stereocenters. The van der Waals surface area contributed by atoms with Crippen LogP contribution in [0.25, 0.3) is 0 Å². The van der Waals surface area contributed by atoms with Crippen molar-refractivity contribution in [3.63, 3.8) is 0 Å². The van der Waals surface area contributed by atoms with Crippen molar-refractivity contribution in [3.05, 3.63) is 46.0 Å². The predicted molar refractivity (Wildman–Crippen MR) is 74.3 cm³/mol. The molecule has 1 amide bonds. The molecule has 0 fully saturated rings. The Morgan fingerprint density at radius 3 is 2.33 bits per heavy atom. The summed E-state index contributed by atoms with van der Waals surface area (Å²) in [6.45, 7) is 3.45. The van der Waals surface area contributed by atoms with Crippen LogP contribution in [-0.2, 0) is 20.6 Å². The maximum atomic E-state index is 11.7. The fourth-order valence-corrected chi connectivity index (χ4v) is 2.61.